The molecular formula is C20H34IN3O2S. The van der Waals surface area contributed by atoms with E-state index < -0.39 is 14.6 Å². The van der Waals surface area contributed by atoms with E-state index in [1.54, 1.807) is 27.8 Å². The van der Waals surface area contributed by atoms with Crippen molar-refractivity contribution in [3.05, 3.63) is 35.9 Å². The van der Waals surface area contributed by atoms with Gasteiger partial charge in [0.25, 0.3) is 0 Å². The molecule has 1 aromatic carbocycles. The molecule has 154 valence electrons. The Balaban J connectivity index is 0.00000364. The standard InChI is InChI=1S/C20H33N3O2S.HI/c1-16-15-23(13-11-18(16)17-9-7-6-8-10-17)19(21-5)22-12-14-26(24,25)20(2,3)4;/h6-10,16,18H,11-15H2,1-5H3,(H,21,22);1H. The summed E-state index contributed by atoms with van der Waals surface area (Å²) in [5.41, 5.74) is 1.40. The van der Waals surface area contributed by atoms with Gasteiger partial charge < -0.3 is 10.2 Å². The van der Waals surface area contributed by atoms with Crippen LogP contribution in [0.2, 0.25) is 0 Å². The lowest BCUT2D eigenvalue weighted by atomic mass is 9.82. The molecule has 1 fully saturated rings. The van der Waals surface area contributed by atoms with Crippen LogP contribution < -0.4 is 5.32 Å². The first-order chi connectivity index (χ1) is 12.2. The zero-order chi connectivity index (χ0) is 19.4. The molecule has 0 saturated carbocycles. The second-order valence-corrected chi connectivity index (χ2v) is 11.0. The Morgan fingerprint density at radius 2 is 1.89 bits per heavy atom. The second kappa shape index (κ2) is 10.1. The molecule has 1 heterocycles. The van der Waals surface area contributed by atoms with E-state index >= 15 is 0 Å². The Morgan fingerprint density at radius 3 is 2.41 bits per heavy atom. The molecular weight excluding hydrogens is 473 g/mol. The number of halogens is 1. The number of piperidine rings is 1. The number of nitrogens with one attached hydrogen (secondary N) is 1. The van der Waals surface area contributed by atoms with E-state index in [1.165, 1.54) is 5.56 Å². The molecule has 27 heavy (non-hydrogen) atoms. The van der Waals surface area contributed by atoms with Crippen LogP contribution in [-0.2, 0) is 9.84 Å². The van der Waals surface area contributed by atoms with Crippen LogP contribution in [-0.4, -0.2) is 56.5 Å². The minimum Gasteiger partial charge on any atom is -0.355 e. The van der Waals surface area contributed by atoms with Gasteiger partial charge in [-0.1, -0.05) is 37.3 Å². The third kappa shape index (κ3) is 6.34. The number of aliphatic imine (C=N–C) groups is 1. The van der Waals surface area contributed by atoms with E-state index in [0.717, 1.165) is 25.5 Å². The van der Waals surface area contributed by atoms with Gasteiger partial charge in [0, 0.05) is 26.7 Å². The monoisotopic (exact) mass is 507 g/mol. The summed E-state index contributed by atoms with van der Waals surface area (Å²) >= 11 is 0. The van der Waals surface area contributed by atoms with Crippen LogP contribution in [0.3, 0.4) is 0 Å². The number of sulfone groups is 1. The first-order valence-electron chi connectivity index (χ1n) is 9.38. The molecule has 1 saturated heterocycles. The number of guanidine groups is 1. The predicted octanol–water partition coefficient (Wildman–Crippen LogP) is 3.52. The van der Waals surface area contributed by atoms with Crippen molar-refractivity contribution in [3.63, 3.8) is 0 Å². The summed E-state index contributed by atoms with van der Waals surface area (Å²) in [6.45, 7) is 9.74. The molecule has 1 aliphatic heterocycles. The predicted molar refractivity (Wildman–Crippen MR) is 125 cm³/mol. The highest BCUT2D eigenvalue weighted by molar-refractivity contribution is 14.0. The van der Waals surface area contributed by atoms with Gasteiger partial charge in [0.1, 0.15) is 0 Å². The third-order valence-electron chi connectivity index (χ3n) is 5.23. The van der Waals surface area contributed by atoms with Crippen LogP contribution in [0, 0.1) is 5.92 Å². The zero-order valence-electron chi connectivity index (χ0n) is 17.1. The molecule has 0 spiro atoms. The highest BCUT2D eigenvalue weighted by Crippen LogP contribution is 2.32. The lowest BCUT2D eigenvalue weighted by Crippen LogP contribution is -2.49. The Labute approximate surface area is 182 Å². The lowest BCUT2D eigenvalue weighted by molar-refractivity contribution is 0.235. The van der Waals surface area contributed by atoms with Gasteiger partial charge in [0.05, 0.1) is 10.5 Å². The van der Waals surface area contributed by atoms with Crippen molar-refractivity contribution in [1.82, 2.24) is 10.2 Å². The number of hydrogen-bond acceptors (Lipinski definition) is 3. The maximum atomic E-state index is 12.3. The minimum absolute atomic E-state index is 0. The van der Waals surface area contributed by atoms with Crippen LogP contribution in [0.4, 0.5) is 0 Å². The summed E-state index contributed by atoms with van der Waals surface area (Å²) in [5.74, 6) is 1.99. The lowest BCUT2D eigenvalue weighted by Gasteiger charge is -2.39. The van der Waals surface area contributed by atoms with Gasteiger partial charge in [-0.05, 0) is 44.6 Å². The van der Waals surface area contributed by atoms with Crippen molar-refractivity contribution in [2.45, 2.75) is 44.8 Å². The van der Waals surface area contributed by atoms with E-state index in [2.05, 4.69) is 52.5 Å². The quantitative estimate of drug-likeness (QED) is 0.385. The summed E-state index contributed by atoms with van der Waals surface area (Å²) in [6, 6.07) is 10.7. The topological polar surface area (TPSA) is 61.8 Å². The van der Waals surface area contributed by atoms with Gasteiger partial charge in [-0.25, -0.2) is 8.42 Å². The third-order valence-corrected chi connectivity index (χ3v) is 7.84. The Morgan fingerprint density at radius 1 is 1.26 bits per heavy atom. The zero-order valence-corrected chi connectivity index (χ0v) is 20.3. The number of likely N-dealkylation sites (tertiary alicyclic amines) is 1. The van der Waals surface area contributed by atoms with Gasteiger partial charge in [0.15, 0.2) is 15.8 Å². The molecule has 2 unspecified atom stereocenters. The molecule has 1 aromatic rings. The number of benzene rings is 1. The molecule has 1 aliphatic rings. The number of nitrogens with zero attached hydrogens (tertiary/aromatic N) is 2. The highest BCUT2D eigenvalue weighted by atomic mass is 127. The summed E-state index contributed by atoms with van der Waals surface area (Å²) in [6.07, 6.45) is 1.08. The molecule has 7 heteroatoms. The second-order valence-electron chi connectivity index (χ2n) is 8.13. The van der Waals surface area contributed by atoms with Crippen molar-refractivity contribution < 1.29 is 8.42 Å². The largest absolute Gasteiger partial charge is 0.355 e. The molecule has 0 aromatic heterocycles. The van der Waals surface area contributed by atoms with E-state index in [9.17, 15) is 8.42 Å². The van der Waals surface area contributed by atoms with Gasteiger partial charge in [-0.3, -0.25) is 4.99 Å². The maximum Gasteiger partial charge on any atom is 0.193 e. The molecule has 0 bridgehead atoms. The van der Waals surface area contributed by atoms with Crippen molar-refractivity contribution in [1.29, 1.82) is 0 Å². The summed E-state index contributed by atoms with van der Waals surface area (Å²) in [4.78, 5) is 6.61. The fourth-order valence-electron chi connectivity index (χ4n) is 3.47. The maximum absolute atomic E-state index is 12.3. The van der Waals surface area contributed by atoms with E-state index in [-0.39, 0.29) is 29.7 Å². The van der Waals surface area contributed by atoms with Crippen molar-refractivity contribution in [2.24, 2.45) is 10.9 Å². The van der Waals surface area contributed by atoms with Crippen LogP contribution >= 0.6 is 24.0 Å². The SMILES string of the molecule is CN=C(NCCS(=O)(=O)C(C)(C)C)N1CCC(c2ccccc2)C(C)C1.I. The number of rotatable bonds is 4. The first-order valence-corrected chi connectivity index (χ1v) is 11.0. The van der Waals surface area contributed by atoms with E-state index in [1.807, 2.05) is 0 Å². The smallest absolute Gasteiger partial charge is 0.193 e. The van der Waals surface area contributed by atoms with Crippen molar-refractivity contribution >= 4 is 39.8 Å². The highest BCUT2D eigenvalue weighted by Gasteiger charge is 2.30. The average molecular weight is 507 g/mol. The van der Waals surface area contributed by atoms with Crippen LogP contribution in [0.25, 0.3) is 0 Å². The van der Waals surface area contributed by atoms with E-state index in [0.29, 0.717) is 18.4 Å². The summed E-state index contributed by atoms with van der Waals surface area (Å²) in [5, 5.41) is 3.24. The Hall–Kier alpha value is -0.830. The van der Waals surface area contributed by atoms with Crippen LogP contribution in [0.5, 0.6) is 0 Å². The Bertz CT molecular complexity index is 714. The van der Waals surface area contributed by atoms with Crippen molar-refractivity contribution in [2.75, 3.05) is 32.4 Å². The Kier molecular flexibility index (Phi) is 9.05. The summed E-state index contributed by atoms with van der Waals surface area (Å²) < 4.78 is 23.8. The van der Waals surface area contributed by atoms with Gasteiger partial charge in [0.2, 0.25) is 0 Å². The molecule has 0 aliphatic carbocycles. The molecule has 1 N–H and O–H groups in total. The molecule has 2 rings (SSSR count). The molecule has 5 nitrogen and oxygen atoms in total. The first kappa shape index (κ1) is 24.2. The minimum atomic E-state index is -3.12. The van der Waals surface area contributed by atoms with Gasteiger partial charge >= 0.3 is 0 Å². The summed E-state index contributed by atoms with van der Waals surface area (Å²) in [7, 11) is -1.37. The van der Waals surface area contributed by atoms with Crippen LogP contribution in [0.15, 0.2) is 35.3 Å². The van der Waals surface area contributed by atoms with E-state index in [4.69, 9.17) is 0 Å². The normalized spacial score (nSPS) is 21.5. The average Bonchev–Trinajstić information content (AvgIpc) is 2.58. The van der Waals surface area contributed by atoms with Crippen molar-refractivity contribution in [3.8, 4) is 0 Å². The fourth-order valence-corrected chi connectivity index (χ4v) is 4.45. The fraction of sp³-hybridized carbons (Fsp3) is 0.650. The van der Waals surface area contributed by atoms with Crippen LogP contribution in [0.1, 0.15) is 45.6 Å². The van der Waals surface area contributed by atoms with Gasteiger partial charge in [-0.15, -0.1) is 24.0 Å². The molecule has 0 amide bonds. The molecule has 0 radical (unpaired) electrons. The van der Waals surface area contributed by atoms with Gasteiger partial charge in [-0.2, -0.15) is 0 Å². The molecule has 2 atom stereocenters. The number of hydrogen-bond donors (Lipinski definition) is 1.